The number of aromatic nitrogens is 1. The van der Waals surface area contributed by atoms with Gasteiger partial charge in [0.15, 0.2) is 0 Å². The van der Waals surface area contributed by atoms with E-state index < -0.39 is 11.8 Å². The summed E-state index contributed by atoms with van der Waals surface area (Å²) < 4.78 is 13.7. The van der Waals surface area contributed by atoms with Crippen LogP contribution in [0.25, 0.3) is 32.4 Å². The maximum atomic E-state index is 13.7. The van der Waals surface area contributed by atoms with Crippen molar-refractivity contribution >= 4 is 50.0 Å². The van der Waals surface area contributed by atoms with E-state index in [0.717, 1.165) is 35.0 Å². The van der Waals surface area contributed by atoms with Crippen LogP contribution in [-0.2, 0) is 11.8 Å². The molecule has 6 aromatic carbocycles. The highest BCUT2D eigenvalue weighted by molar-refractivity contribution is 6.09. The second kappa shape index (κ2) is 13.0. The van der Waals surface area contributed by atoms with E-state index in [1.54, 1.807) is 42.6 Å². The van der Waals surface area contributed by atoms with Crippen LogP contribution in [0.2, 0.25) is 0 Å². The fourth-order valence-corrected chi connectivity index (χ4v) is 7.38. The minimum absolute atomic E-state index is 0.0418. The van der Waals surface area contributed by atoms with Gasteiger partial charge in [-0.3, -0.25) is 9.78 Å². The Hall–Kier alpha value is -5.88. The number of carboxylic acid groups (broad SMARTS) is 1. The molecule has 1 aromatic heterocycles. The summed E-state index contributed by atoms with van der Waals surface area (Å²) in [5, 5.41) is 17.8. The molecule has 0 fully saturated rings. The molecule has 242 valence electrons. The fourth-order valence-electron chi connectivity index (χ4n) is 7.38. The number of pyridine rings is 1. The lowest BCUT2D eigenvalue weighted by atomic mass is 9.65. The number of para-hydroxylation sites is 1. The second-order valence-electron chi connectivity index (χ2n) is 13.2. The van der Waals surface area contributed by atoms with Crippen LogP contribution in [0.5, 0.6) is 0 Å². The van der Waals surface area contributed by atoms with Gasteiger partial charge in [0.1, 0.15) is 5.82 Å². The highest BCUT2D eigenvalue weighted by atomic mass is 19.1. The van der Waals surface area contributed by atoms with Gasteiger partial charge in [0.05, 0.1) is 11.1 Å². The first kappa shape index (κ1) is 31.7. The third-order valence-electron chi connectivity index (χ3n) is 9.50. The van der Waals surface area contributed by atoms with Crippen molar-refractivity contribution < 1.29 is 19.1 Å². The molecule has 0 radical (unpaired) electrons. The predicted molar refractivity (Wildman–Crippen MR) is 195 cm³/mol. The largest absolute Gasteiger partial charge is 0.478 e. The number of rotatable bonds is 4. The molecule has 49 heavy (non-hydrogen) atoms. The summed E-state index contributed by atoms with van der Waals surface area (Å²) >= 11 is 0. The monoisotopic (exact) mass is 646 g/mol. The molecular weight excluding hydrogens is 611 g/mol. The van der Waals surface area contributed by atoms with E-state index in [0.29, 0.717) is 11.1 Å². The zero-order valence-electron chi connectivity index (χ0n) is 27.3. The minimum atomic E-state index is -0.911. The lowest BCUT2D eigenvalue weighted by Crippen LogP contribution is -2.29. The number of nitrogens with zero attached hydrogens (tertiary/aromatic N) is 1. The molecule has 0 saturated heterocycles. The van der Waals surface area contributed by atoms with Crippen molar-refractivity contribution in [2.45, 2.75) is 38.0 Å². The van der Waals surface area contributed by atoms with E-state index in [1.807, 2.05) is 24.3 Å². The Balaban J connectivity index is 0.000000244. The van der Waals surface area contributed by atoms with Crippen molar-refractivity contribution in [1.29, 1.82) is 0 Å². The minimum Gasteiger partial charge on any atom is -0.478 e. The summed E-state index contributed by atoms with van der Waals surface area (Å²) in [7, 11) is 0. The summed E-state index contributed by atoms with van der Waals surface area (Å²) in [5.41, 5.74) is 6.10. The van der Waals surface area contributed by atoms with Gasteiger partial charge < -0.3 is 10.4 Å². The Labute approximate surface area is 284 Å². The van der Waals surface area contributed by atoms with Crippen LogP contribution in [0.3, 0.4) is 0 Å². The first-order chi connectivity index (χ1) is 23.7. The van der Waals surface area contributed by atoms with Gasteiger partial charge in [-0.2, -0.15) is 0 Å². The van der Waals surface area contributed by atoms with Crippen LogP contribution in [-0.4, -0.2) is 22.0 Å². The zero-order valence-corrected chi connectivity index (χ0v) is 27.3. The SMILES string of the molecule is CC1(C)CC(c2ccccc2NC(=O)c2cccc(F)c2)Cc2ccc3c(ccc4ccccc43)c21.O=C(O)c1ccc2ncccc2c1. The summed E-state index contributed by atoms with van der Waals surface area (Å²) in [5.74, 6) is -1.36. The third kappa shape index (κ3) is 6.38. The molecular formula is C43H35FN2O3. The van der Waals surface area contributed by atoms with Crippen LogP contribution in [0.15, 0.2) is 134 Å². The molecule has 5 nitrogen and oxygen atoms in total. The maximum Gasteiger partial charge on any atom is 0.335 e. The summed E-state index contributed by atoms with van der Waals surface area (Å²) in [6, 6.07) is 40.0. The van der Waals surface area contributed by atoms with E-state index >= 15 is 0 Å². The lowest BCUT2D eigenvalue weighted by molar-refractivity contribution is 0.0696. The molecule has 8 rings (SSSR count). The number of halogens is 1. The molecule has 1 amide bonds. The van der Waals surface area contributed by atoms with E-state index in [1.165, 1.54) is 44.8 Å². The number of nitrogens with one attached hydrogen (secondary N) is 1. The van der Waals surface area contributed by atoms with Crippen molar-refractivity contribution in [3.63, 3.8) is 0 Å². The Morgan fingerprint density at radius 3 is 2.37 bits per heavy atom. The third-order valence-corrected chi connectivity index (χ3v) is 9.50. The van der Waals surface area contributed by atoms with Crippen molar-refractivity contribution in [3.8, 4) is 0 Å². The Morgan fingerprint density at radius 1 is 0.755 bits per heavy atom. The molecule has 2 N–H and O–H groups in total. The Bertz CT molecular complexity index is 2380. The van der Waals surface area contributed by atoms with Gasteiger partial charge in [0.25, 0.3) is 5.91 Å². The molecule has 0 bridgehead atoms. The van der Waals surface area contributed by atoms with Crippen LogP contribution in [0.1, 0.15) is 63.6 Å². The molecule has 6 heteroatoms. The number of carbonyl (C=O) groups excluding carboxylic acids is 1. The van der Waals surface area contributed by atoms with Crippen LogP contribution in [0.4, 0.5) is 10.1 Å². The zero-order chi connectivity index (χ0) is 34.1. The number of amides is 1. The van der Waals surface area contributed by atoms with Gasteiger partial charge in [-0.15, -0.1) is 0 Å². The number of fused-ring (bicyclic) bond motifs is 6. The number of aromatic carboxylic acids is 1. The number of carboxylic acids is 1. The Kier molecular flexibility index (Phi) is 8.39. The van der Waals surface area contributed by atoms with Crippen molar-refractivity contribution in [1.82, 2.24) is 4.98 Å². The molecule has 1 aliphatic rings. The van der Waals surface area contributed by atoms with Gasteiger partial charge in [-0.05, 0) is 111 Å². The van der Waals surface area contributed by atoms with Crippen LogP contribution >= 0.6 is 0 Å². The van der Waals surface area contributed by atoms with Crippen molar-refractivity contribution in [3.05, 3.63) is 167 Å². The lowest BCUT2D eigenvalue weighted by Gasteiger charge is -2.39. The van der Waals surface area contributed by atoms with Gasteiger partial charge in [-0.1, -0.05) is 92.7 Å². The van der Waals surface area contributed by atoms with E-state index in [9.17, 15) is 14.0 Å². The van der Waals surface area contributed by atoms with Gasteiger partial charge in [0.2, 0.25) is 0 Å². The van der Waals surface area contributed by atoms with Crippen molar-refractivity contribution in [2.75, 3.05) is 5.32 Å². The molecule has 1 atom stereocenters. The van der Waals surface area contributed by atoms with Crippen LogP contribution < -0.4 is 5.32 Å². The molecule has 0 saturated carbocycles. The van der Waals surface area contributed by atoms with E-state index in [4.69, 9.17) is 5.11 Å². The number of hydrogen-bond acceptors (Lipinski definition) is 3. The molecule has 0 spiro atoms. The van der Waals surface area contributed by atoms with Gasteiger partial charge in [0, 0.05) is 22.8 Å². The topological polar surface area (TPSA) is 79.3 Å². The quantitative estimate of drug-likeness (QED) is 0.187. The van der Waals surface area contributed by atoms with Crippen LogP contribution in [0, 0.1) is 5.82 Å². The fraction of sp³-hybridized carbons (Fsp3) is 0.140. The number of anilines is 1. The standard InChI is InChI=1S/C33H28FNO.C10H7NO2/c1-33(2)20-24(27-12-5-6-13-30(27)35-32(36)23-9-7-10-25(34)19-23)18-22-15-16-28-26-11-4-3-8-21(26)14-17-29(28)31(22)33;12-10(13)8-3-4-9-7(6-8)2-1-5-11-9/h3-17,19,24H,18,20H2,1-2H3,(H,35,36);1-6H,(H,12,13). The normalized spacial score (nSPS) is 14.9. The molecule has 0 aliphatic heterocycles. The highest BCUT2D eigenvalue weighted by Gasteiger charge is 2.36. The molecule has 1 heterocycles. The summed E-state index contributed by atoms with van der Waals surface area (Å²) in [4.78, 5) is 27.6. The molecule has 7 aromatic rings. The van der Waals surface area contributed by atoms with Gasteiger partial charge in [-0.25, -0.2) is 9.18 Å². The van der Waals surface area contributed by atoms with E-state index in [-0.39, 0.29) is 17.2 Å². The first-order valence-electron chi connectivity index (χ1n) is 16.4. The second-order valence-corrected chi connectivity index (χ2v) is 13.2. The van der Waals surface area contributed by atoms with Crippen molar-refractivity contribution in [2.24, 2.45) is 0 Å². The summed E-state index contributed by atoms with van der Waals surface area (Å²) in [6.45, 7) is 4.67. The Morgan fingerprint density at radius 2 is 1.53 bits per heavy atom. The average Bonchev–Trinajstić information content (AvgIpc) is 3.11. The number of hydrogen-bond donors (Lipinski definition) is 2. The predicted octanol–water partition coefficient (Wildman–Crippen LogP) is 10.3. The summed E-state index contributed by atoms with van der Waals surface area (Å²) in [6.07, 6.45) is 3.57. The smallest absolute Gasteiger partial charge is 0.335 e. The van der Waals surface area contributed by atoms with Gasteiger partial charge >= 0.3 is 5.97 Å². The first-order valence-corrected chi connectivity index (χ1v) is 16.4. The molecule has 1 unspecified atom stereocenters. The van der Waals surface area contributed by atoms with E-state index in [2.05, 4.69) is 78.7 Å². The number of carbonyl (C=O) groups is 2. The highest BCUT2D eigenvalue weighted by Crippen LogP contribution is 2.48. The molecule has 1 aliphatic carbocycles. The number of benzene rings is 6. The average molecular weight is 647 g/mol. The maximum absolute atomic E-state index is 13.7.